The summed E-state index contributed by atoms with van der Waals surface area (Å²) in [6.45, 7) is 3.82. The molecule has 1 fully saturated rings. The van der Waals surface area contributed by atoms with Crippen molar-refractivity contribution in [3.63, 3.8) is 0 Å². The topological polar surface area (TPSA) is 148 Å². The van der Waals surface area contributed by atoms with Gasteiger partial charge in [0.05, 0.1) is 17.7 Å². The summed E-state index contributed by atoms with van der Waals surface area (Å²) in [7, 11) is 0.247. The molecule has 12 nitrogen and oxygen atoms in total. The molecule has 1 aliphatic rings. The minimum atomic E-state index is -3.44. The summed E-state index contributed by atoms with van der Waals surface area (Å²) in [6.07, 6.45) is 1.12. The zero-order valence-corrected chi connectivity index (χ0v) is 21.2. The molecule has 0 atom stereocenters. The zero-order chi connectivity index (χ0) is 25.9. The Morgan fingerprint density at radius 3 is 2.56 bits per heavy atom. The number of carbonyl (C=O) groups excluding carboxylic acids is 1. The highest BCUT2D eigenvalue weighted by Gasteiger charge is 2.19. The van der Waals surface area contributed by atoms with Crippen LogP contribution in [0.25, 0.3) is 0 Å². The van der Waals surface area contributed by atoms with Crippen molar-refractivity contribution in [3.8, 4) is 5.75 Å². The van der Waals surface area contributed by atoms with E-state index in [1.54, 1.807) is 25.3 Å². The van der Waals surface area contributed by atoms with Crippen LogP contribution in [-0.4, -0.2) is 80.7 Å². The fraction of sp³-hybridized carbons (Fsp3) is 0.348. The lowest BCUT2D eigenvalue weighted by atomic mass is 10.2. The molecular formula is C23H30N8O4S. The van der Waals surface area contributed by atoms with Gasteiger partial charge in [-0.3, -0.25) is 0 Å². The Morgan fingerprint density at radius 1 is 1.14 bits per heavy atom. The number of anilines is 4. The monoisotopic (exact) mass is 514 g/mol. The van der Waals surface area contributed by atoms with Crippen molar-refractivity contribution in [2.24, 2.45) is 0 Å². The van der Waals surface area contributed by atoms with Gasteiger partial charge in [0.25, 0.3) is 0 Å². The average molecular weight is 515 g/mol. The lowest BCUT2D eigenvalue weighted by Crippen LogP contribution is -2.44. The molecular weight excluding hydrogens is 484 g/mol. The van der Waals surface area contributed by atoms with E-state index in [1.807, 2.05) is 18.2 Å². The lowest BCUT2D eigenvalue weighted by Gasteiger charge is -2.34. The third kappa shape index (κ3) is 5.69. The first-order chi connectivity index (χ1) is 17.2. The molecule has 1 amide bonds. The van der Waals surface area contributed by atoms with E-state index < -0.39 is 15.9 Å². The number of likely N-dealkylation sites (N-methyl/N-ethyl adjacent to an activating group) is 1. The first kappa shape index (κ1) is 25.3. The minimum Gasteiger partial charge on any atom is -0.494 e. The van der Waals surface area contributed by atoms with Gasteiger partial charge in [0.2, 0.25) is 11.9 Å². The van der Waals surface area contributed by atoms with Gasteiger partial charge in [-0.1, -0.05) is 18.2 Å². The highest BCUT2D eigenvalue weighted by molar-refractivity contribution is 7.90. The largest absolute Gasteiger partial charge is 0.494 e. The van der Waals surface area contributed by atoms with Crippen LogP contribution in [0.4, 0.5) is 28.1 Å². The number of nitrogen functional groups attached to an aromatic ring is 1. The summed E-state index contributed by atoms with van der Waals surface area (Å²) in [5.41, 5.74) is 8.05. The molecule has 192 valence electrons. The number of piperazine rings is 1. The van der Waals surface area contributed by atoms with E-state index in [0.717, 1.165) is 42.8 Å². The normalized spacial score (nSPS) is 14.5. The Morgan fingerprint density at radius 2 is 1.86 bits per heavy atom. The van der Waals surface area contributed by atoms with Crippen molar-refractivity contribution in [1.29, 1.82) is 0 Å². The fourth-order valence-electron chi connectivity index (χ4n) is 3.95. The molecule has 0 bridgehead atoms. The maximum Gasteiger partial charge on any atom is 0.345 e. The van der Waals surface area contributed by atoms with Crippen LogP contribution in [0.3, 0.4) is 0 Å². The Hall–Kier alpha value is -3.84. The summed E-state index contributed by atoms with van der Waals surface area (Å²) in [5, 5.41) is 9.83. The quantitative estimate of drug-likeness (QED) is 0.424. The summed E-state index contributed by atoms with van der Waals surface area (Å²) in [4.78, 5) is 21.5. The second kappa shape index (κ2) is 10.4. The number of benzene rings is 2. The SMILES string of the molecule is COc1cc(N2CCN(C)CC2)ccc1Nc1nc(N)n(C(=O)NCc2ccccc2S(C)(=O)=O)n1. The molecule has 0 saturated carbocycles. The van der Waals surface area contributed by atoms with Crippen LogP contribution in [0.1, 0.15) is 5.56 Å². The van der Waals surface area contributed by atoms with Crippen LogP contribution in [0.5, 0.6) is 5.75 Å². The second-order valence-corrected chi connectivity index (χ2v) is 10.5. The van der Waals surface area contributed by atoms with Crippen LogP contribution in [-0.2, 0) is 16.4 Å². The molecule has 2 aromatic carbocycles. The van der Waals surface area contributed by atoms with Crippen LogP contribution in [0.15, 0.2) is 47.4 Å². The van der Waals surface area contributed by atoms with Gasteiger partial charge in [-0.25, -0.2) is 13.2 Å². The molecule has 0 radical (unpaired) electrons. The molecule has 0 spiro atoms. The Bertz CT molecular complexity index is 1350. The van der Waals surface area contributed by atoms with Crippen molar-refractivity contribution in [3.05, 3.63) is 48.0 Å². The van der Waals surface area contributed by atoms with Gasteiger partial charge in [0.1, 0.15) is 5.75 Å². The first-order valence-electron chi connectivity index (χ1n) is 11.3. The third-order valence-corrected chi connectivity index (χ3v) is 7.12. The molecule has 0 aliphatic carbocycles. The van der Waals surface area contributed by atoms with E-state index in [9.17, 15) is 13.2 Å². The molecule has 2 heterocycles. The van der Waals surface area contributed by atoms with Crippen molar-refractivity contribution < 1.29 is 17.9 Å². The van der Waals surface area contributed by atoms with E-state index in [2.05, 4.69) is 37.6 Å². The summed E-state index contributed by atoms with van der Waals surface area (Å²) >= 11 is 0. The van der Waals surface area contributed by atoms with Gasteiger partial charge in [-0.05, 0) is 30.8 Å². The van der Waals surface area contributed by atoms with Gasteiger partial charge >= 0.3 is 6.03 Å². The van der Waals surface area contributed by atoms with Crippen molar-refractivity contribution in [1.82, 2.24) is 25.0 Å². The molecule has 1 aliphatic heterocycles. The molecule has 1 saturated heterocycles. The zero-order valence-electron chi connectivity index (χ0n) is 20.4. The number of nitrogens with two attached hydrogens (primary N) is 1. The van der Waals surface area contributed by atoms with Gasteiger partial charge in [0.15, 0.2) is 9.84 Å². The van der Waals surface area contributed by atoms with Crippen molar-refractivity contribution >= 4 is 39.1 Å². The molecule has 0 unspecified atom stereocenters. The summed E-state index contributed by atoms with van der Waals surface area (Å²) in [5.74, 6) is 0.590. The van der Waals surface area contributed by atoms with E-state index in [4.69, 9.17) is 10.5 Å². The highest BCUT2D eigenvalue weighted by Crippen LogP contribution is 2.32. The van der Waals surface area contributed by atoms with Gasteiger partial charge in [0, 0.05) is 50.7 Å². The van der Waals surface area contributed by atoms with E-state index in [0.29, 0.717) is 17.0 Å². The standard InChI is InChI=1S/C23H30N8O4S/c1-29-10-12-30(13-11-29)17-8-9-18(19(14-17)35-2)26-22-27-21(24)31(28-22)23(32)25-15-16-6-4-5-7-20(16)36(3,33)34/h4-9,14H,10-13,15H2,1-3H3,(H,25,32)(H3,24,26,27,28). The third-order valence-electron chi connectivity index (χ3n) is 5.93. The smallest absolute Gasteiger partial charge is 0.345 e. The number of hydrogen-bond donors (Lipinski definition) is 3. The number of hydrogen-bond acceptors (Lipinski definition) is 10. The maximum atomic E-state index is 12.7. The second-order valence-electron chi connectivity index (χ2n) is 8.54. The average Bonchev–Trinajstić information content (AvgIpc) is 3.22. The molecule has 1 aromatic heterocycles. The molecule has 36 heavy (non-hydrogen) atoms. The highest BCUT2D eigenvalue weighted by atomic mass is 32.2. The number of nitrogens with one attached hydrogen (secondary N) is 2. The van der Waals surface area contributed by atoms with Crippen molar-refractivity contribution in [2.75, 3.05) is 62.5 Å². The van der Waals surface area contributed by atoms with E-state index in [-0.39, 0.29) is 23.3 Å². The van der Waals surface area contributed by atoms with E-state index >= 15 is 0 Å². The first-order valence-corrected chi connectivity index (χ1v) is 13.2. The van der Waals surface area contributed by atoms with Gasteiger partial charge < -0.3 is 30.9 Å². The molecule has 13 heteroatoms. The fourth-order valence-corrected chi connectivity index (χ4v) is 4.89. The minimum absolute atomic E-state index is 0.0221. The van der Waals surface area contributed by atoms with Crippen LogP contribution in [0.2, 0.25) is 0 Å². The maximum absolute atomic E-state index is 12.7. The number of sulfone groups is 1. The van der Waals surface area contributed by atoms with Gasteiger partial charge in [-0.2, -0.15) is 4.98 Å². The molecule has 4 N–H and O–H groups in total. The number of nitrogens with zero attached hydrogens (tertiary/aromatic N) is 5. The number of carbonyl (C=O) groups is 1. The summed E-state index contributed by atoms with van der Waals surface area (Å²) < 4.78 is 30.5. The number of rotatable bonds is 7. The molecule has 3 aromatic rings. The van der Waals surface area contributed by atoms with Crippen molar-refractivity contribution in [2.45, 2.75) is 11.4 Å². The summed E-state index contributed by atoms with van der Waals surface area (Å²) in [6, 6.07) is 11.6. The Kier molecular flexibility index (Phi) is 7.31. The molecule has 4 rings (SSSR count). The number of methoxy groups -OCH3 is 1. The van der Waals surface area contributed by atoms with Crippen LogP contribution < -0.4 is 26.0 Å². The van der Waals surface area contributed by atoms with Gasteiger partial charge in [-0.15, -0.1) is 9.78 Å². The van der Waals surface area contributed by atoms with Crippen LogP contribution in [0, 0.1) is 0 Å². The number of amides is 1. The number of ether oxygens (including phenoxy) is 1. The van der Waals surface area contributed by atoms with Crippen LogP contribution >= 0.6 is 0 Å². The number of aromatic nitrogens is 3. The lowest BCUT2D eigenvalue weighted by molar-refractivity contribution is 0.239. The predicted molar refractivity (Wildman–Crippen MR) is 138 cm³/mol. The Balaban J connectivity index is 1.46. The van der Waals surface area contributed by atoms with E-state index in [1.165, 1.54) is 6.07 Å². The predicted octanol–water partition coefficient (Wildman–Crippen LogP) is 1.53. The Labute approximate surface area is 210 Å².